The summed E-state index contributed by atoms with van der Waals surface area (Å²) in [6.45, 7) is 6.52. The van der Waals surface area contributed by atoms with Gasteiger partial charge in [0.05, 0.1) is 11.2 Å². The Bertz CT molecular complexity index is 558. The van der Waals surface area contributed by atoms with E-state index in [9.17, 15) is 18.7 Å². The minimum atomic E-state index is -3.97. The van der Waals surface area contributed by atoms with Crippen molar-refractivity contribution >= 4 is 27.2 Å². The van der Waals surface area contributed by atoms with Crippen molar-refractivity contribution in [3.63, 3.8) is 0 Å². The van der Waals surface area contributed by atoms with Crippen molar-refractivity contribution in [2.24, 2.45) is 0 Å². The smallest absolute Gasteiger partial charge is 0.300 e. The lowest BCUT2D eigenvalue weighted by atomic mass is 9.96. The molecule has 8 nitrogen and oxygen atoms in total. The molecule has 0 amide bonds. The van der Waals surface area contributed by atoms with Gasteiger partial charge in [-0.05, 0) is 40.5 Å². The number of carbonyl (C=O) groups excluding carboxylic acids is 2. The van der Waals surface area contributed by atoms with E-state index >= 15 is 0 Å². The van der Waals surface area contributed by atoms with Crippen molar-refractivity contribution < 1.29 is 36.4 Å². The minimum absolute atomic E-state index is 0.0650. The van der Waals surface area contributed by atoms with Gasteiger partial charge in [-0.3, -0.25) is 18.6 Å². The Labute approximate surface area is 141 Å². The van der Waals surface area contributed by atoms with Gasteiger partial charge >= 0.3 is 15.6 Å². The van der Waals surface area contributed by atoms with Gasteiger partial charge in [0.25, 0.3) is 0 Å². The summed E-state index contributed by atoms with van der Waals surface area (Å²) in [6.07, 6.45) is 1.24. The average Bonchev–Trinajstić information content (AvgIpc) is 2.36. The molecule has 2 bridgehead atoms. The third kappa shape index (κ3) is 5.58. The van der Waals surface area contributed by atoms with Crippen molar-refractivity contribution in [3.8, 4) is 0 Å². The van der Waals surface area contributed by atoms with Crippen LogP contribution in [0.3, 0.4) is 0 Å². The van der Waals surface area contributed by atoms with Gasteiger partial charge in [-0.2, -0.15) is 8.62 Å². The molecule has 0 unspecified atom stereocenters. The zero-order valence-electron chi connectivity index (χ0n) is 14.4. The van der Waals surface area contributed by atoms with Crippen LogP contribution >= 0.6 is 15.6 Å². The molecule has 3 fully saturated rings. The van der Waals surface area contributed by atoms with E-state index in [1.807, 2.05) is 0 Å². The van der Waals surface area contributed by atoms with Crippen LogP contribution in [0, 0.1) is 0 Å². The van der Waals surface area contributed by atoms with Crippen LogP contribution in [0.25, 0.3) is 0 Å². The van der Waals surface area contributed by atoms with Gasteiger partial charge in [0, 0.05) is 25.7 Å². The highest BCUT2D eigenvalue weighted by Crippen LogP contribution is 2.84. The number of fused-ring (bicyclic) bond motifs is 11. The van der Waals surface area contributed by atoms with E-state index in [1.54, 1.807) is 27.7 Å². The summed E-state index contributed by atoms with van der Waals surface area (Å²) in [4.78, 5) is 23.8. The summed E-state index contributed by atoms with van der Waals surface area (Å²) in [7, 11) is -7.94. The maximum Gasteiger partial charge on any atom is 0.493 e. The molecule has 3 aliphatic heterocycles. The monoisotopic (exact) mass is 382 g/mol. The van der Waals surface area contributed by atoms with Crippen molar-refractivity contribution in [2.75, 3.05) is 0 Å². The fourth-order valence-electron chi connectivity index (χ4n) is 2.42. The molecule has 0 atom stereocenters. The van der Waals surface area contributed by atoms with Gasteiger partial charge < -0.3 is 0 Å². The molecule has 0 aromatic carbocycles. The Morgan fingerprint density at radius 2 is 1.04 bits per heavy atom. The zero-order chi connectivity index (χ0) is 18.2. The second-order valence-electron chi connectivity index (χ2n) is 7.34. The van der Waals surface area contributed by atoms with Gasteiger partial charge in [-0.1, -0.05) is 0 Å². The molecule has 0 radical (unpaired) electrons. The zero-order valence-corrected chi connectivity index (χ0v) is 16.2. The van der Waals surface area contributed by atoms with Crippen LogP contribution in [0.1, 0.15) is 66.2 Å². The van der Waals surface area contributed by atoms with E-state index in [0.29, 0.717) is 0 Å². The molecule has 0 aromatic heterocycles. The Morgan fingerprint density at radius 1 is 0.708 bits per heavy atom. The van der Waals surface area contributed by atoms with E-state index in [2.05, 4.69) is 0 Å². The molecule has 24 heavy (non-hydrogen) atoms. The second kappa shape index (κ2) is 6.75. The van der Waals surface area contributed by atoms with Crippen LogP contribution in [0.4, 0.5) is 0 Å². The first-order valence-electron chi connectivity index (χ1n) is 7.90. The fraction of sp³-hybridized carbons (Fsp3) is 0.857. The molecular formula is C14H24O8P2. The number of hydrogen-bond donors (Lipinski definition) is 0. The number of rotatable bonds is 0. The minimum Gasteiger partial charge on any atom is -0.300 e. The number of carbonyl (C=O) groups is 2. The van der Waals surface area contributed by atoms with Gasteiger partial charge in [-0.15, -0.1) is 0 Å². The summed E-state index contributed by atoms with van der Waals surface area (Å²) in [5.74, 6) is -0.130. The standard InChI is InChI=1S/C14H24O8P2/c1-13(2)9-7-11(15)5-6-12(16)8-10-14(3,4)20-24(18)21-23(17,19-13)22-24/h5-10H2,1-4H3. The lowest BCUT2D eigenvalue weighted by Gasteiger charge is -2.39. The highest BCUT2D eigenvalue weighted by Gasteiger charge is 2.60. The topological polar surface area (TPSA) is 105 Å². The average molecular weight is 382 g/mol. The molecule has 138 valence electrons. The highest BCUT2D eigenvalue weighted by molar-refractivity contribution is 7.75. The summed E-state index contributed by atoms with van der Waals surface area (Å²) >= 11 is 0. The Hall–Kier alpha value is -0.360. The third-order valence-electron chi connectivity index (χ3n) is 3.81. The maximum absolute atomic E-state index is 12.3. The molecule has 3 saturated heterocycles. The molecule has 0 aliphatic carbocycles. The van der Waals surface area contributed by atoms with Crippen LogP contribution in [0.2, 0.25) is 0 Å². The van der Waals surface area contributed by atoms with Crippen LogP contribution in [0.5, 0.6) is 0 Å². The number of hydrogen-bond acceptors (Lipinski definition) is 8. The van der Waals surface area contributed by atoms with Gasteiger partial charge in [0.2, 0.25) is 0 Å². The molecule has 0 N–H and O–H groups in total. The molecule has 3 heterocycles. The Morgan fingerprint density at radius 3 is 1.38 bits per heavy atom. The highest BCUT2D eigenvalue weighted by atomic mass is 31.3. The fourth-order valence-corrected chi connectivity index (χ4v) is 6.36. The van der Waals surface area contributed by atoms with Crippen molar-refractivity contribution in [2.45, 2.75) is 77.4 Å². The van der Waals surface area contributed by atoms with E-state index in [-0.39, 0.29) is 50.1 Å². The molecule has 10 heteroatoms. The first kappa shape index (κ1) is 20.0. The molecule has 0 aromatic rings. The molecule has 0 spiro atoms. The Kier molecular flexibility index (Phi) is 5.61. The van der Waals surface area contributed by atoms with Crippen molar-refractivity contribution in [3.05, 3.63) is 0 Å². The van der Waals surface area contributed by atoms with E-state index in [4.69, 9.17) is 17.7 Å². The van der Waals surface area contributed by atoms with Crippen LogP contribution in [-0.2, 0) is 36.4 Å². The largest absolute Gasteiger partial charge is 0.493 e. The molecular weight excluding hydrogens is 358 g/mol. The number of phosphoric acid groups is 2. The maximum atomic E-state index is 12.3. The molecule has 0 saturated carbocycles. The lowest BCUT2D eigenvalue weighted by Crippen LogP contribution is -2.30. The third-order valence-corrected chi connectivity index (χ3v) is 8.45. The molecule has 3 rings (SSSR count). The normalized spacial score (nSPS) is 37.8. The summed E-state index contributed by atoms with van der Waals surface area (Å²) in [6, 6.07) is 0. The summed E-state index contributed by atoms with van der Waals surface area (Å²) in [5, 5.41) is 0. The van der Waals surface area contributed by atoms with Crippen molar-refractivity contribution in [1.82, 2.24) is 0 Å². The van der Waals surface area contributed by atoms with E-state index < -0.39 is 26.8 Å². The first-order valence-corrected chi connectivity index (χ1v) is 10.8. The van der Waals surface area contributed by atoms with Crippen LogP contribution in [-0.4, -0.2) is 22.8 Å². The number of Topliss-reactive ketones (excluding diaryl/α,β-unsaturated/α-hetero) is 2. The molecule has 3 aliphatic rings. The van der Waals surface area contributed by atoms with Gasteiger partial charge in [0.15, 0.2) is 0 Å². The predicted octanol–water partition coefficient (Wildman–Crippen LogP) is 4.33. The predicted molar refractivity (Wildman–Crippen MR) is 85.4 cm³/mol. The Balaban J connectivity index is 2.15. The summed E-state index contributed by atoms with van der Waals surface area (Å²) in [5.41, 5.74) is -1.95. The quantitative estimate of drug-likeness (QED) is 0.570. The van der Waals surface area contributed by atoms with Crippen LogP contribution in [0.15, 0.2) is 0 Å². The second-order valence-corrected chi connectivity index (χ2v) is 10.8. The van der Waals surface area contributed by atoms with E-state index in [0.717, 1.165) is 0 Å². The SMILES string of the molecule is CC1(C)CCC(=O)CCC(=O)CCC(C)(C)OP2(=O)OP(=O)(O1)O2. The number of ketones is 2. The van der Waals surface area contributed by atoms with Gasteiger partial charge in [-0.25, -0.2) is 9.13 Å². The van der Waals surface area contributed by atoms with Crippen molar-refractivity contribution in [1.29, 1.82) is 0 Å². The summed E-state index contributed by atoms with van der Waals surface area (Å²) < 4.78 is 44.9. The van der Waals surface area contributed by atoms with Crippen LogP contribution < -0.4 is 0 Å². The first-order chi connectivity index (χ1) is 10.8. The lowest BCUT2D eigenvalue weighted by molar-refractivity contribution is -0.125. The van der Waals surface area contributed by atoms with Gasteiger partial charge in [0.1, 0.15) is 11.6 Å². The van der Waals surface area contributed by atoms with E-state index in [1.165, 1.54) is 0 Å².